The van der Waals surface area contributed by atoms with E-state index in [4.69, 9.17) is 9.47 Å². The quantitative estimate of drug-likeness (QED) is 0.749. The fourth-order valence-corrected chi connectivity index (χ4v) is 1.36. The third-order valence-electron chi connectivity index (χ3n) is 2.26. The summed E-state index contributed by atoms with van der Waals surface area (Å²) < 4.78 is 10.3. The maximum atomic E-state index is 11.8. The number of rotatable bonds is 7. The third-order valence-corrected chi connectivity index (χ3v) is 2.26. The molecular weight excluding hydrogens is 232 g/mol. The molecule has 0 aromatic carbocycles. The molecule has 0 aliphatic rings. The molecule has 5 heteroatoms. The van der Waals surface area contributed by atoms with Gasteiger partial charge in [-0.3, -0.25) is 4.79 Å². The van der Waals surface area contributed by atoms with E-state index in [-0.39, 0.29) is 12.0 Å². The number of pyridine rings is 1. The number of hydrogen-bond acceptors (Lipinski definition) is 4. The van der Waals surface area contributed by atoms with Crippen molar-refractivity contribution in [1.82, 2.24) is 10.3 Å². The van der Waals surface area contributed by atoms with E-state index in [0.717, 1.165) is 6.42 Å². The predicted octanol–water partition coefficient (Wildman–Crippen LogP) is 1.64. The number of nitrogens with one attached hydrogen (secondary N) is 1. The SMILES string of the molecule is COc1cc(C(=O)NCCCOC(C)C)ccn1. The van der Waals surface area contributed by atoms with Gasteiger partial charge in [0.1, 0.15) is 0 Å². The van der Waals surface area contributed by atoms with Gasteiger partial charge in [0, 0.05) is 31.0 Å². The molecule has 0 atom stereocenters. The van der Waals surface area contributed by atoms with Crippen LogP contribution in [0.4, 0.5) is 0 Å². The molecule has 0 saturated heterocycles. The average molecular weight is 252 g/mol. The number of hydrogen-bond donors (Lipinski definition) is 1. The lowest BCUT2D eigenvalue weighted by molar-refractivity contribution is 0.0757. The van der Waals surface area contributed by atoms with Crippen LogP contribution in [-0.2, 0) is 4.74 Å². The Morgan fingerprint density at radius 2 is 2.28 bits per heavy atom. The van der Waals surface area contributed by atoms with E-state index in [1.807, 2.05) is 13.8 Å². The van der Waals surface area contributed by atoms with Crippen LogP contribution in [0.2, 0.25) is 0 Å². The Bertz CT molecular complexity index is 380. The normalized spacial score (nSPS) is 10.4. The lowest BCUT2D eigenvalue weighted by Crippen LogP contribution is -2.25. The summed E-state index contributed by atoms with van der Waals surface area (Å²) in [6.07, 6.45) is 2.58. The Labute approximate surface area is 108 Å². The Kier molecular flexibility index (Phi) is 6.14. The van der Waals surface area contributed by atoms with E-state index in [9.17, 15) is 4.79 Å². The van der Waals surface area contributed by atoms with Crippen molar-refractivity contribution < 1.29 is 14.3 Å². The highest BCUT2D eigenvalue weighted by Gasteiger charge is 2.06. The monoisotopic (exact) mass is 252 g/mol. The summed E-state index contributed by atoms with van der Waals surface area (Å²) in [6.45, 7) is 5.22. The molecule has 100 valence electrons. The molecule has 1 aromatic rings. The van der Waals surface area contributed by atoms with Gasteiger partial charge in [0.15, 0.2) is 0 Å². The Morgan fingerprint density at radius 1 is 1.50 bits per heavy atom. The number of nitrogens with zero attached hydrogens (tertiary/aromatic N) is 1. The molecule has 18 heavy (non-hydrogen) atoms. The Morgan fingerprint density at radius 3 is 2.94 bits per heavy atom. The number of carbonyl (C=O) groups excluding carboxylic acids is 1. The van der Waals surface area contributed by atoms with Crippen molar-refractivity contribution in [3.8, 4) is 5.88 Å². The number of aromatic nitrogens is 1. The van der Waals surface area contributed by atoms with E-state index in [0.29, 0.717) is 24.6 Å². The summed E-state index contributed by atoms with van der Waals surface area (Å²) in [5.74, 6) is 0.311. The van der Waals surface area contributed by atoms with Crippen LogP contribution in [-0.4, -0.2) is 37.3 Å². The van der Waals surface area contributed by atoms with Gasteiger partial charge in [-0.2, -0.15) is 0 Å². The molecule has 0 bridgehead atoms. The molecule has 1 N–H and O–H groups in total. The number of ether oxygens (including phenoxy) is 2. The predicted molar refractivity (Wildman–Crippen MR) is 68.8 cm³/mol. The van der Waals surface area contributed by atoms with Gasteiger partial charge >= 0.3 is 0 Å². The zero-order valence-electron chi connectivity index (χ0n) is 11.1. The minimum absolute atomic E-state index is 0.125. The van der Waals surface area contributed by atoms with Crippen molar-refractivity contribution in [1.29, 1.82) is 0 Å². The standard InChI is InChI=1S/C13H20N2O3/c1-10(2)18-8-4-6-15-13(16)11-5-7-14-12(9-11)17-3/h5,7,9-10H,4,6,8H2,1-3H3,(H,15,16). The van der Waals surface area contributed by atoms with Gasteiger partial charge in [-0.15, -0.1) is 0 Å². The van der Waals surface area contributed by atoms with E-state index in [1.54, 1.807) is 18.3 Å². The van der Waals surface area contributed by atoms with Crippen molar-refractivity contribution in [2.45, 2.75) is 26.4 Å². The van der Waals surface area contributed by atoms with Crippen molar-refractivity contribution in [2.24, 2.45) is 0 Å². The van der Waals surface area contributed by atoms with Gasteiger partial charge in [0.25, 0.3) is 5.91 Å². The molecule has 1 heterocycles. The van der Waals surface area contributed by atoms with Gasteiger partial charge < -0.3 is 14.8 Å². The number of carbonyl (C=O) groups is 1. The molecule has 0 saturated carbocycles. The van der Waals surface area contributed by atoms with Crippen LogP contribution in [0.15, 0.2) is 18.3 Å². The van der Waals surface area contributed by atoms with E-state index >= 15 is 0 Å². The van der Waals surface area contributed by atoms with Crippen LogP contribution in [0, 0.1) is 0 Å². The largest absolute Gasteiger partial charge is 0.481 e. The van der Waals surface area contributed by atoms with Gasteiger partial charge in [-0.1, -0.05) is 0 Å². The first-order valence-corrected chi connectivity index (χ1v) is 6.03. The van der Waals surface area contributed by atoms with Crippen LogP contribution in [0.3, 0.4) is 0 Å². The lowest BCUT2D eigenvalue weighted by Gasteiger charge is -2.08. The zero-order chi connectivity index (χ0) is 13.4. The van der Waals surface area contributed by atoms with E-state index in [1.165, 1.54) is 7.11 Å². The Balaban J connectivity index is 2.31. The first-order valence-electron chi connectivity index (χ1n) is 6.03. The molecule has 5 nitrogen and oxygen atoms in total. The summed E-state index contributed by atoms with van der Waals surface area (Å²) >= 11 is 0. The minimum atomic E-state index is -0.125. The molecule has 0 fully saturated rings. The Hall–Kier alpha value is -1.62. The molecular formula is C13H20N2O3. The summed E-state index contributed by atoms with van der Waals surface area (Å²) in [6, 6.07) is 3.27. The first-order chi connectivity index (χ1) is 8.63. The van der Waals surface area contributed by atoms with Crippen LogP contribution in [0.25, 0.3) is 0 Å². The zero-order valence-corrected chi connectivity index (χ0v) is 11.1. The van der Waals surface area contributed by atoms with Gasteiger partial charge in [-0.05, 0) is 26.3 Å². The first kappa shape index (κ1) is 14.4. The molecule has 0 aliphatic carbocycles. The third kappa shape index (κ3) is 5.14. The highest BCUT2D eigenvalue weighted by molar-refractivity contribution is 5.94. The molecule has 0 aliphatic heterocycles. The minimum Gasteiger partial charge on any atom is -0.481 e. The van der Waals surface area contributed by atoms with Crippen LogP contribution >= 0.6 is 0 Å². The molecule has 0 unspecified atom stereocenters. The fraction of sp³-hybridized carbons (Fsp3) is 0.538. The molecule has 1 amide bonds. The van der Waals surface area contributed by atoms with Crippen molar-refractivity contribution in [3.05, 3.63) is 23.9 Å². The molecule has 1 rings (SSSR count). The van der Waals surface area contributed by atoms with Gasteiger partial charge in [0.2, 0.25) is 5.88 Å². The van der Waals surface area contributed by atoms with E-state index < -0.39 is 0 Å². The summed E-state index contributed by atoms with van der Waals surface area (Å²) in [4.78, 5) is 15.7. The highest BCUT2D eigenvalue weighted by atomic mass is 16.5. The smallest absolute Gasteiger partial charge is 0.251 e. The number of amides is 1. The van der Waals surface area contributed by atoms with Crippen LogP contribution < -0.4 is 10.1 Å². The molecule has 0 spiro atoms. The second-order valence-electron chi connectivity index (χ2n) is 4.12. The maximum Gasteiger partial charge on any atom is 0.251 e. The van der Waals surface area contributed by atoms with E-state index in [2.05, 4.69) is 10.3 Å². The number of methoxy groups -OCH3 is 1. The van der Waals surface area contributed by atoms with Crippen LogP contribution in [0.5, 0.6) is 5.88 Å². The summed E-state index contributed by atoms with van der Waals surface area (Å²) in [5.41, 5.74) is 0.548. The second kappa shape index (κ2) is 7.66. The molecule has 1 aromatic heterocycles. The fourth-order valence-electron chi connectivity index (χ4n) is 1.36. The summed E-state index contributed by atoms with van der Waals surface area (Å²) in [5, 5.41) is 2.82. The van der Waals surface area contributed by atoms with Gasteiger partial charge in [-0.25, -0.2) is 4.98 Å². The van der Waals surface area contributed by atoms with Crippen molar-refractivity contribution >= 4 is 5.91 Å². The highest BCUT2D eigenvalue weighted by Crippen LogP contribution is 2.08. The topological polar surface area (TPSA) is 60.5 Å². The van der Waals surface area contributed by atoms with Crippen molar-refractivity contribution in [3.63, 3.8) is 0 Å². The second-order valence-corrected chi connectivity index (χ2v) is 4.12. The average Bonchev–Trinajstić information content (AvgIpc) is 2.37. The summed E-state index contributed by atoms with van der Waals surface area (Å²) in [7, 11) is 1.52. The van der Waals surface area contributed by atoms with Gasteiger partial charge in [0.05, 0.1) is 13.2 Å². The maximum absolute atomic E-state index is 11.8. The van der Waals surface area contributed by atoms with Crippen LogP contribution in [0.1, 0.15) is 30.6 Å². The molecule has 0 radical (unpaired) electrons. The van der Waals surface area contributed by atoms with Crippen molar-refractivity contribution in [2.75, 3.05) is 20.3 Å². The lowest BCUT2D eigenvalue weighted by atomic mass is 10.2.